The van der Waals surface area contributed by atoms with E-state index in [-0.39, 0.29) is 0 Å². The zero-order valence-corrected chi connectivity index (χ0v) is 8.48. The first-order valence-corrected chi connectivity index (χ1v) is 4.15. The Balaban J connectivity index is 4.22. The van der Waals surface area contributed by atoms with Gasteiger partial charge in [0.05, 0.1) is 6.54 Å². The van der Waals surface area contributed by atoms with Gasteiger partial charge in [-0.15, -0.1) is 0 Å². The number of nitrogens with two attached hydrogens (primary N) is 1. The first-order valence-electron chi connectivity index (χ1n) is 4.15. The van der Waals surface area contributed by atoms with E-state index in [1.165, 1.54) is 5.32 Å². The predicted octanol–water partition coefficient (Wildman–Crippen LogP) is 0.784. The van der Waals surface area contributed by atoms with Crippen LogP contribution in [0.15, 0.2) is 0 Å². The molecule has 0 unspecified atom stereocenters. The molecule has 2 amide bonds. The number of ether oxygens (including phenoxy) is 1. The van der Waals surface area contributed by atoms with Gasteiger partial charge < -0.3 is 15.8 Å². The Morgan fingerprint density at radius 1 is 1.29 bits per heavy atom. The van der Waals surface area contributed by atoms with Gasteiger partial charge in [0.25, 0.3) is 5.91 Å². The van der Waals surface area contributed by atoms with Crippen molar-refractivity contribution in [2.75, 3.05) is 6.54 Å². The molecule has 0 saturated carbocycles. The van der Waals surface area contributed by atoms with Gasteiger partial charge >= 0.3 is 18.2 Å². The monoisotopic (exact) mass is 264 g/mol. The van der Waals surface area contributed by atoms with Crippen molar-refractivity contribution in [2.24, 2.45) is 5.73 Å². The second kappa shape index (κ2) is 5.15. The molecule has 0 aliphatic heterocycles. The summed E-state index contributed by atoms with van der Waals surface area (Å²) in [6, 6.07) is 0. The van der Waals surface area contributed by atoms with Gasteiger partial charge in [0, 0.05) is 0 Å². The maximum atomic E-state index is 12.3. The third-order valence-corrected chi connectivity index (χ3v) is 1.55. The van der Waals surface area contributed by atoms with Crippen LogP contribution in [0, 0.1) is 0 Å². The van der Waals surface area contributed by atoms with E-state index in [1.807, 2.05) is 0 Å². The number of hydrogen-bond acceptors (Lipinski definition) is 3. The van der Waals surface area contributed by atoms with E-state index in [0.29, 0.717) is 0 Å². The topological polar surface area (TPSA) is 81.4 Å². The summed E-state index contributed by atoms with van der Waals surface area (Å²) in [5.74, 6) is -6.15. The van der Waals surface area contributed by atoms with E-state index in [9.17, 15) is 31.5 Å². The normalized spacial score (nSPS) is 14.0. The summed E-state index contributed by atoms with van der Waals surface area (Å²) in [5, 5.41) is 1.18. The molecular formula is C7H9F5N2O3. The van der Waals surface area contributed by atoms with Crippen molar-refractivity contribution >= 4 is 12.0 Å². The Morgan fingerprint density at radius 3 is 2.12 bits per heavy atom. The average molecular weight is 264 g/mol. The van der Waals surface area contributed by atoms with Crippen LogP contribution in [0.1, 0.15) is 6.92 Å². The molecule has 0 aliphatic carbocycles. The van der Waals surface area contributed by atoms with Crippen LogP contribution < -0.4 is 11.1 Å². The highest BCUT2D eigenvalue weighted by atomic mass is 19.4. The summed E-state index contributed by atoms with van der Waals surface area (Å²) in [6.07, 6.45) is -8.81. The number of nitrogens with one attached hydrogen (secondary N) is 1. The second-order valence-corrected chi connectivity index (χ2v) is 3.01. The molecule has 5 nitrogen and oxygen atoms in total. The standard InChI is InChI=1S/C7H9F5N2O3/c1-3(4(13)15)17-5(16)14-2-6(8,9)7(10,11)12/h3H,2H2,1H3,(H2,13,15)(H,14,16)/t3-/m0/s1. The molecule has 0 aromatic rings. The summed E-state index contributed by atoms with van der Waals surface area (Å²) in [4.78, 5) is 21.1. The van der Waals surface area contributed by atoms with E-state index >= 15 is 0 Å². The molecule has 100 valence electrons. The van der Waals surface area contributed by atoms with E-state index in [4.69, 9.17) is 0 Å². The molecule has 0 radical (unpaired) electrons. The number of amides is 2. The van der Waals surface area contributed by atoms with Crippen molar-refractivity contribution in [3.8, 4) is 0 Å². The molecule has 17 heavy (non-hydrogen) atoms. The summed E-state index contributed by atoms with van der Waals surface area (Å²) < 4.78 is 63.7. The van der Waals surface area contributed by atoms with Gasteiger partial charge in [-0.3, -0.25) is 4.79 Å². The van der Waals surface area contributed by atoms with Crippen molar-refractivity contribution in [3.63, 3.8) is 0 Å². The lowest BCUT2D eigenvalue weighted by atomic mass is 10.3. The minimum absolute atomic E-state index is 1.03. The van der Waals surface area contributed by atoms with Crippen molar-refractivity contribution in [1.29, 1.82) is 0 Å². The van der Waals surface area contributed by atoms with Crippen LogP contribution in [-0.2, 0) is 9.53 Å². The predicted molar refractivity (Wildman–Crippen MR) is 44.1 cm³/mol. The first-order chi connectivity index (χ1) is 7.47. The zero-order valence-electron chi connectivity index (χ0n) is 8.48. The molecule has 0 aromatic heterocycles. The molecule has 1 atom stereocenters. The highest BCUT2D eigenvalue weighted by Gasteiger charge is 2.57. The lowest BCUT2D eigenvalue weighted by Crippen LogP contribution is -2.47. The number of alkyl carbamates (subject to hydrolysis) is 1. The molecule has 0 bridgehead atoms. The lowest BCUT2D eigenvalue weighted by Gasteiger charge is -2.20. The first kappa shape index (κ1) is 15.4. The zero-order chi connectivity index (χ0) is 13.9. The minimum atomic E-state index is -5.78. The number of carbonyl (C=O) groups is 2. The van der Waals surface area contributed by atoms with Crippen LogP contribution in [0.4, 0.5) is 26.7 Å². The molecule has 0 saturated heterocycles. The maximum absolute atomic E-state index is 12.3. The summed E-state index contributed by atoms with van der Waals surface area (Å²) in [5.41, 5.74) is 4.66. The van der Waals surface area contributed by atoms with Crippen LogP contribution in [0.5, 0.6) is 0 Å². The fourth-order valence-corrected chi connectivity index (χ4v) is 0.544. The Morgan fingerprint density at radius 2 is 1.76 bits per heavy atom. The molecule has 3 N–H and O–H groups in total. The summed E-state index contributed by atoms with van der Waals surface area (Å²) >= 11 is 0. The second-order valence-electron chi connectivity index (χ2n) is 3.01. The largest absolute Gasteiger partial charge is 0.455 e. The van der Waals surface area contributed by atoms with Crippen LogP contribution in [0.3, 0.4) is 0 Å². The molecule has 10 heteroatoms. The van der Waals surface area contributed by atoms with Crippen LogP contribution in [-0.4, -0.2) is 36.7 Å². The number of rotatable bonds is 4. The number of alkyl halides is 5. The quantitative estimate of drug-likeness (QED) is 0.736. The van der Waals surface area contributed by atoms with Gasteiger partial charge in [-0.05, 0) is 6.92 Å². The molecule has 0 fully saturated rings. The Kier molecular flexibility index (Phi) is 4.66. The van der Waals surface area contributed by atoms with Crippen molar-refractivity contribution in [1.82, 2.24) is 5.32 Å². The summed E-state index contributed by atoms with van der Waals surface area (Å²) in [7, 11) is 0. The number of primary amides is 1. The molecule has 0 heterocycles. The maximum Gasteiger partial charge on any atom is 0.455 e. The van der Waals surface area contributed by atoms with Crippen LogP contribution in [0.2, 0.25) is 0 Å². The Labute approximate surface area is 92.1 Å². The third-order valence-electron chi connectivity index (χ3n) is 1.55. The van der Waals surface area contributed by atoms with E-state index in [0.717, 1.165) is 6.92 Å². The molecule has 0 rings (SSSR count). The fourth-order valence-electron chi connectivity index (χ4n) is 0.544. The van der Waals surface area contributed by atoms with Crippen LogP contribution >= 0.6 is 0 Å². The van der Waals surface area contributed by atoms with Crippen molar-refractivity contribution in [2.45, 2.75) is 25.1 Å². The molecule has 0 aromatic carbocycles. The number of carbonyl (C=O) groups excluding carboxylic acids is 2. The number of halogens is 5. The van der Waals surface area contributed by atoms with Gasteiger partial charge in [0.15, 0.2) is 6.10 Å². The fraction of sp³-hybridized carbons (Fsp3) is 0.714. The van der Waals surface area contributed by atoms with E-state index < -0.39 is 36.7 Å². The smallest absolute Gasteiger partial charge is 0.436 e. The van der Waals surface area contributed by atoms with Gasteiger partial charge in [-0.25, -0.2) is 4.79 Å². The Bertz CT molecular complexity index is 304. The van der Waals surface area contributed by atoms with Gasteiger partial charge in [0.1, 0.15) is 0 Å². The SMILES string of the molecule is C[C@H](OC(=O)NCC(F)(F)C(F)(F)F)C(N)=O. The third kappa shape index (κ3) is 4.83. The van der Waals surface area contributed by atoms with E-state index in [2.05, 4.69) is 10.5 Å². The van der Waals surface area contributed by atoms with Gasteiger partial charge in [-0.1, -0.05) is 0 Å². The average Bonchev–Trinajstić information content (AvgIpc) is 2.12. The van der Waals surface area contributed by atoms with Crippen molar-refractivity contribution < 1.29 is 36.3 Å². The highest BCUT2D eigenvalue weighted by molar-refractivity contribution is 5.81. The van der Waals surface area contributed by atoms with Crippen LogP contribution in [0.25, 0.3) is 0 Å². The van der Waals surface area contributed by atoms with Gasteiger partial charge in [0.2, 0.25) is 0 Å². The van der Waals surface area contributed by atoms with Crippen molar-refractivity contribution in [3.05, 3.63) is 0 Å². The lowest BCUT2D eigenvalue weighted by molar-refractivity contribution is -0.278. The van der Waals surface area contributed by atoms with E-state index in [1.54, 1.807) is 0 Å². The highest BCUT2D eigenvalue weighted by Crippen LogP contribution is 2.34. The summed E-state index contributed by atoms with van der Waals surface area (Å²) in [6.45, 7) is -0.954. The van der Waals surface area contributed by atoms with Gasteiger partial charge in [-0.2, -0.15) is 22.0 Å². The molecule has 0 spiro atoms. The Hall–Kier alpha value is -1.61. The minimum Gasteiger partial charge on any atom is -0.436 e. The molecule has 0 aliphatic rings. The molecular weight excluding hydrogens is 255 g/mol. The number of hydrogen-bond donors (Lipinski definition) is 2.